The lowest BCUT2D eigenvalue weighted by atomic mass is 10.1. The number of fused-ring (bicyclic) bond motifs is 1. The first-order valence-corrected chi connectivity index (χ1v) is 7.86. The number of sulfonamides is 1. The molecule has 100 valence electrons. The van der Waals surface area contributed by atoms with Crippen molar-refractivity contribution in [3.8, 4) is 5.75 Å². The third kappa shape index (κ3) is 2.79. The SMILES string of the molecule is NS(=O)(=O)NC1COc2ccc(S(N)(=O)=O)cc21. The lowest BCUT2D eigenvalue weighted by molar-refractivity contribution is 0.325. The van der Waals surface area contributed by atoms with E-state index in [2.05, 4.69) is 4.72 Å². The monoisotopic (exact) mass is 293 g/mol. The molecular formula is C8H11N3O5S2. The van der Waals surface area contributed by atoms with Crippen LogP contribution in [-0.2, 0) is 20.2 Å². The van der Waals surface area contributed by atoms with Gasteiger partial charge in [0.1, 0.15) is 12.4 Å². The number of hydrogen-bond acceptors (Lipinski definition) is 5. The van der Waals surface area contributed by atoms with Crippen LogP contribution in [0.2, 0.25) is 0 Å². The van der Waals surface area contributed by atoms with E-state index in [1.807, 2.05) is 0 Å². The Bertz CT molecular complexity index is 683. The molecule has 1 heterocycles. The summed E-state index contributed by atoms with van der Waals surface area (Å²) in [5.41, 5.74) is 0.385. The molecule has 1 aromatic rings. The van der Waals surface area contributed by atoms with Gasteiger partial charge in [-0.1, -0.05) is 0 Å². The van der Waals surface area contributed by atoms with Crippen LogP contribution in [0, 0.1) is 0 Å². The first-order valence-electron chi connectivity index (χ1n) is 4.76. The highest BCUT2D eigenvalue weighted by atomic mass is 32.2. The van der Waals surface area contributed by atoms with Gasteiger partial charge in [0.2, 0.25) is 10.0 Å². The molecule has 0 fully saturated rings. The molecule has 0 saturated heterocycles. The zero-order valence-electron chi connectivity index (χ0n) is 9.03. The minimum absolute atomic E-state index is 0.0415. The summed E-state index contributed by atoms with van der Waals surface area (Å²) in [6, 6.07) is 3.24. The topological polar surface area (TPSA) is 142 Å². The van der Waals surface area contributed by atoms with Crippen LogP contribution in [0.3, 0.4) is 0 Å². The number of nitrogens with two attached hydrogens (primary N) is 2. The molecular weight excluding hydrogens is 282 g/mol. The lowest BCUT2D eigenvalue weighted by Crippen LogP contribution is -2.35. The molecule has 0 saturated carbocycles. The van der Waals surface area contributed by atoms with Crippen LogP contribution in [0.5, 0.6) is 5.75 Å². The van der Waals surface area contributed by atoms with Crippen LogP contribution in [0.1, 0.15) is 11.6 Å². The van der Waals surface area contributed by atoms with E-state index in [1.165, 1.54) is 18.2 Å². The van der Waals surface area contributed by atoms with Gasteiger partial charge in [-0.15, -0.1) is 0 Å². The van der Waals surface area contributed by atoms with Crippen LogP contribution in [-0.4, -0.2) is 23.4 Å². The molecule has 1 unspecified atom stereocenters. The molecule has 1 aliphatic heterocycles. The van der Waals surface area contributed by atoms with Gasteiger partial charge in [-0.2, -0.15) is 13.1 Å². The average molecular weight is 293 g/mol. The highest BCUT2D eigenvalue weighted by molar-refractivity contribution is 7.89. The van der Waals surface area contributed by atoms with E-state index in [4.69, 9.17) is 15.0 Å². The van der Waals surface area contributed by atoms with E-state index in [1.54, 1.807) is 0 Å². The second kappa shape index (κ2) is 4.17. The van der Waals surface area contributed by atoms with Gasteiger partial charge >= 0.3 is 0 Å². The van der Waals surface area contributed by atoms with E-state index < -0.39 is 26.3 Å². The van der Waals surface area contributed by atoms with Crippen LogP contribution in [0.25, 0.3) is 0 Å². The maximum absolute atomic E-state index is 11.2. The predicted octanol–water partition coefficient (Wildman–Crippen LogP) is -1.44. The second-order valence-corrected chi connectivity index (χ2v) is 6.66. The maximum Gasteiger partial charge on any atom is 0.275 e. The Hall–Kier alpha value is -1.20. The lowest BCUT2D eigenvalue weighted by Gasteiger charge is -2.09. The number of nitrogens with one attached hydrogen (secondary N) is 1. The van der Waals surface area contributed by atoms with Crippen molar-refractivity contribution in [3.63, 3.8) is 0 Å². The molecule has 5 N–H and O–H groups in total. The largest absolute Gasteiger partial charge is 0.491 e. The molecule has 0 aromatic heterocycles. The predicted molar refractivity (Wildman–Crippen MR) is 62.3 cm³/mol. The Balaban J connectivity index is 2.43. The minimum atomic E-state index is -3.91. The number of rotatable bonds is 3. The average Bonchev–Trinajstić information content (AvgIpc) is 2.57. The first kappa shape index (κ1) is 13.2. The fraction of sp³-hybridized carbons (Fsp3) is 0.250. The third-order valence-corrected chi connectivity index (χ3v) is 3.92. The molecule has 0 amide bonds. The van der Waals surface area contributed by atoms with E-state index in [-0.39, 0.29) is 11.5 Å². The quantitative estimate of drug-likeness (QED) is 0.625. The molecule has 8 nitrogen and oxygen atoms in total. The van der Waals surface area contributed by atoms with Crippen molar-refractivity contribution in [2.24, 2.45) is 10.3 Å². The summed E-state index contributed by atoms with van der Waals surface area (Å²) in [6.45, 7) is 0.0415. The molecule has 0 aliphatic carbocycles. The highest BCUT2D eigenvalue weighted by Gasteiger charge is 2.28. The normalized spacial score (nSPS) is 19.3. The Labute approximate surface area is 104 Å². The minimum Gasteiger partial charge on any atom is -0.491 e. The van der Waals surface area contributed by atoms with Gasteiger partial charge in [0.25, 0.3) is 10.2 Å². The van der Waals surface area contributed by atoms with Gasteiger partial charge in [0.15, 0.2) is 0 Å². The zero-order chi connectivity index (χ0) is 13.6. The molecule has 18 heavy (non-hydrogen) atoms. The smallest absolute Gasteiger partial charge is 0.275 e. The van der Waals surface area contributed by atoms with E-state index in [0.29, 0.717) is 11.3 Å². The Kier molecular flexibility index (Phi) is 3.07. The van der Waals surface area contributed by atoms with Crippen molar-refractivity contribution in [2.75, 3.05) is 6.61 Å². The first-order chi connectivity index (χ1) is 8.17. The second-order valence-electron chi connectivity index (χ2n) is 3.77. The summed E-state index contributed by atoms with van der Waals surface area (Å²) in [7, 11) is -7.76. The summed E-state index contributed by atoms with van der Waals surface area (Å²) in [5.74, 6) is 0.392. The van der Waals surface area contributed by atoms with Crippen molar-refractivity contribution in [2.45, 2.75) is 10.9 Å². The summed E-state index contributed by atoms with van der Waals surface area (Å²) in [6.07, 6.45) is 0. The fourth-order valence-electron chi connectivity index (χ4n) is 1.67. The third-order valence-electron chi connectivity index (χ3n) is 2.40. The number of primary sulfonamides is 1. The molecule has 0 bridgehead atoms. The summed E-state index contributed by atoms with van der Waals surface area (Å²) >= 11 is 0. The van der Waals surface area contributed by atoms with Crippen molar-refractivity contribution >= 4 is 20.2 Å². The number of hydrogen-bond donors (Lipinski definition) is 3. The van der Waals surface area contributed by atoms with Crippen LogP contribution < -0.4 is 19.7 Å². The summed E-state index contributed by atoms with van der Waals surface area (Å²) in [5, 5.41) is 9.85. The molecule has 1 aromatic carbocycles. The van der Waals surface area contributed by atoms with Crippen LogP contribution in [0.15, 0.2) is 23.1 Å². The molecule has 0 spiro atoms. The van der Waals surface area contributed by atoms with E-state index in [9.17, 15) is 16.8 Å². The van der Waals surface area contributed by atoms with Crippen LogP contribution in [0.4, 0.5) is 0 Å². The van der Waals surface area contributed by atoms with Crippen molar-refractivity contribution < 1.29 is 21.6 Å². The van der Waals surface area contributed by atoms with Gasteiger partial charge in [0.05, 0.1) is 10.9 Å². The maximum atomic E-state index is 11.2. The standard InChI is InChI=1S/C8H11N3O5S2/c9-17(12,13)5-1-2-8-6(3-5)7(4-16-8)11-18(10,14)15/h1-3,7,11H,4H2,(H2,9,12,13)(H2,10,14,15). The van der Waals surface area contributed by atoms with Gasteiger partial charge in [-0.25, -0.2) is 18.7 Å². The molecule has 2 rings (SSSR count). The molecule has 1 aliphatic rings. The van der Waals surface area contributed by atoms with Gasteiger partial charge in [0, 0.05) is 5.56 Å². The van der Waals surface area contributed by atoms with Crippen molar-refractivity contribution in [1.29, 1.82) is 0 Å². The molecule has 0 radical (unpaired) electrons. The van der Waals surface area contributed by atoms with Gasteiger partial charge in [-0.05, 0) is 18.2 Å². The molecule has 1 atom stereocenters. The summed E-state index contributed by atoms with van der Waals surface area (Å²) in [4.78, 5) is -0.118. The Morgan fingerprint density at radius 1 is 1.22 bits per heavy atom. The van der Waals surface area contributed by atoms with Crippen molar-refractivity contribution in [3.05, 3.63) is 23.8 Å². The van der Waals surface area contributed by atoms with E-state index in [0.717, 1.165) is 0 Å². The van der Waals surface area contributed by atoms with Gasteiger partial charge < -0.3 is 4.74 Å². The van der Waals surface area contributed by atoms with Gasteiger partial charge in [-0.3, -0.25) is 0 Å². The highest BCUT2D eigenvalue weighted by Crippen LogP contribution is 2.33. The number of ether oxygens (including phenoxy) is 1. The Morgan fingerprint density at radius 3 is 2.44 bits per heavy atom. The van der Waals surface area contributed by atoms with E-state index >= 15 is 0 Å². The molecule has 10 heteroatoms. The Morgan fingerprint density at radius 2 is 1.89 bits per heavy atom. The number of benzene rings is 1. The zero-order valence-corrected chi connectivity index (χ0v) is 10.7. The van der Waals surface area contributed by atoms with Crippen LogP contribution >= 0.6 is 0 Å². The summed E-state index contributed by atoms with van der Waals surface area (Å²) < 4.78 is 51.6. The fourth-order valence-corrected chi connectivity index (χ4v) is 2.81. The van der Waals surface area contributed by atoms with Crippen molar-refractivity contribution in [1.82, 2.24) is 4.72 Å².